The molecule has 1 aromatic heterocycles. The third-order valence-electron chi connectivity index (χ3n) is 3.29. The van der Waals surface area contributed by atoms with E-state index in [1.165, 1.54) is 0 Å². The van der Waals surface area contributed by atoms with Crippen LogP contribution < -0.4 is 5.32 Å². The Morgan fingerprint density at radius 1 is 1.25 bits per heavy atom. The van der Waals surface area contributed by atoms with Crippen LogP contribution in [0.5, 0.6) is 0 Å². The number of nitrogens with one attached hydrogen (secondary N) is 1. The van der Waals surface area contributed by atoms with Crippen molar-refractivity contribution in [3.05, 3.63) is 29.5 Å². The lowest BCUT2D eigenvalue weighted by molar-refractivity contribution is 0.157. The summed E-state index contributed by atoms with van der Waals surface area (Å²) in [5, 5.41) is 4.64. The summed E-state index contributed by atoms with van der Waals surface area (Å²) in [5.41, 5.74) is 0.971. The van der Waals surface area contributed by atoms with Gasteiger partial charge in [0.05, 0.1) is 5.52 Å². The van der Waals surface area contributed by atoms with E-state index >= 15 is 0 Å². The standard InChI is InChI=1S/C15H20ClN3O/c1-15(2,8-9-20-3)10-17-13-11-6-4-5-7-12(11)18-14(16)19-13/h4-7H,8-10H2,1-3H3,(H,17,18,19). The van der Waals surface area contributed by atoms with Gasteiger partial charge in [0.2, 0.25) is 5.28 Å². The van der Waals surface area contributed by atoms with Gasteiger partial charge in [-0.15, -0.1) is 0 Å². The van der Waals surface area contributed by atoms with Crippen LogP contribution in [0.2, 0.25) is 5.28 Å². The van der Waals surface area contributed by atoms with Crippen molar-refractivity contribution in [2.45, 2.75) is 20.3 Å². The Morgan fingerprint density at radius 2 is 2.00 bits per heavy atom. The van der Waals surface area contributed by atoms with Crippen LogP contribution in [0.25, 0.3) is 10.9 Å². The van der Waals surface area contributed by atoms with E-state index in [1.54, 1.807) is 7.11 Å². The molecule has 1 aromatic carbocycles. The van der Waals surface area contributed by atoms with Crippen LogP contribution >= 0.6 is 11.6 Å². The van der Waals surface area contributed by atoms with Crippen molar-refractivity contribution in [1.29, 1.82) is 0 Å². The van der Waals surface area contributed by atoms with Gasteiger partial charge in [-0.25, -0.2) is 9.97 Å². The third-order valence-corrected chi connectivity index (χ3v) is 3.46. The molecule has 0 radical (unpaired) electrons. The van der Waals surface area contributed by atoms with Crippen LogP contribution in [0.3, 0.4) is 0 Å². The molecular formula is C15H20ClN3O. The highest BCUT2D eigenvalue weighted by Crippen LogP contribution is 2.25. The first-order chi connectivity index (χ1) is 9.52. The van der Waals surface area contributed by atoms with Crippen molar-refractivity contribution in [3.8, 4) is 0 Å². The number of ether oxygens (including phenoxy) is 1. The van der Waals surface area contributed by atoms with Gasteiger partial charge >= 0.3 is 0 Å². The molecule has 0 bridgehead atoms. The van der Waals surface area contributed by atoms with Gasteiger partial charge in [0.1, 0.15) is 5.82 Å². The molecule has 5 heteroatoms. The summed E-state index contributed by atoms with van der Waals surface area (Å²) in [7, 11) is 1.72. The molecular weight excluding hydrogens is 274 g/mol. The second-order valence-electron chi connectivity index (χ2n) is 5.62. The van der Waals surface area contributed by atoms with E-state index in [0.717, 1.165) is 36.3 Å². The molecule has 0 amide bonds. The molecule has 0 fully saturated rings. The van der Waals surface area contributed by atoms with E-state index in [2.05, 4.69) is 29.1 Å². The molecule has 0 aliphatic carbocycles. The van der Waals surface area contributed by atoms with Gasteiger partial charge in [0.25, 0.3) is 0 Å². The number of benzene rings is 1. The molecule has 0 spiro atoms. The van der Waals surface area contributed by atoms with Crippen molar-refractivity contribution in [3.63, 3.8) is 0 Å². The molecule has 4 nitrogen and oxygen atoms in total. The van der Waals surface area contributed by atoms with Crippen molar-refractivity contribution < 1.29 is 4.74 Å². The van der Waals surface area contributed by atoms with E-state index in [9.17, 15) is 0 Å². The lowest BCUT2D eigenvalue weighted by Gasteiger charge is -2.25. The molecule has 0 saturated heterocycles. The predicted octanol–water partition coefficient (Wildman–Crippen LogP) is 3.76. The maximum Gasteiger partial charge on any atom is 0.224 e. The summed E-state index contributed by atoms with van der Waals surface area (Å²) in [4.78, 5) is 8.52. The van der Waals surface area contributed by atoms with Crippen molar-refractivity contribution in [2.24, 2.45) is 5.41 Å². The molecule has 0 aliphatic rings. The largest absolute Gasteiger partial charge is 0.385 e. The number of nitrogens with zero attached hydrogens (tertiary/aromatic N) is 2. The Kier molecular flexibility index (Phi) is 4.78. The fourth-order valence-electron chi connectivity index (χ4n) is 1.97. The predicted molar refractivity (Wildman–Crippen MR) is 83.3 cm³/mol. The summed E-state index contributed by atoms with van der Waals surface area (Å²) in [6.45, 7) is 5.95. The molecule has 20 heavy (non-hydrogen) atoms. The van der Waals surface area contributed by atoms with Gasteiger partial charge < -0.3 is 10.1 Å². The van der Waals surface area contributed by atoms with Crippen LogP contribution in [0.1, 0.15) is 20.3 Å². The molecule has 0 saturated carbocycles. The molecule has 1 heterocycles. The Morgan fingerprint density at radius 3 is 2.75 bits per heavy atom. The van der Waals surface area contributed by atoms with E-state index in [4.69, 9.17) is 16.3 Å². The van der Waals surface area contributed by atoms with E-state index < -0.39 is 0 Å². The minimum absolute atomic E-state index is 0.120. The van der Waals surface area contributed by atoms with Gasteiger partial charge in [-0.3, -0.25) is 0 Å². The van der Waals surface area contributed by atoms with Gasteiger partial charge in [0.15, 0.2) is 0 Å². The number of anilines is 1. The number of fused-ring (bicyclic) bond motifs is 1. The Hall–Kier alpha value is -1.39. The van der Waals surface area contributed by atoms with Crippen molar-refractivity contribution >= 4 is 28.3 Å². The Bertz CT molecular complexity index is 586. The zero-order valence-corrected chi connectivity index (χ0v) is 12.9. The fourth-order valence-corrected chi connectivity index (χ4v) is 2.15. The van der Waals surface area contributed by atoms with Crippen molar-refractivity contribution in [1.82, 2.24) is 9.97 Å². The summed E-state index contributed by atoms with van der Waals surface area (Å²) in [6, 6.07) is 7.85. The lowest BCUT2D eigenvalue weighted by Crippen LogP contribution is -2.25. The Balaban J connectivity index is 2.17. The second-order valence-corrected chi connectivity index (χ2v) is 5.96. The zero-order valence-electron chi connectivity index (χ0n) is 12.1. The average molecular weight is 294 g/mol. The third kappa shape index (κ3) is 3.81. The highest BCUT2D eigenvalue weighted by atomic mass is 35.5. The van der Waals surface area contributed by atoms with Crippen LogP contribution in [-0.4, -0.2) is 30.2 Å². The average Bonchev–Trinajstić information content (AvgIpc) is 2.42. The molecule has 1 N–H and O–H groups in total. The quantitative estimate of drug-likeness (QED) is 0.824. The number of hydrogen-bond donors (Lipinski definition) is 1. The molecule has 108 valence electrons. The van der Waals surface area contributed by atoms with Crippen LogP contribution in [0.15, 0.2) is 24.3 Å². The minimum atomic E-state index is 0.120. The van der Waals surface area contributed by atoms with E-state index in [-0.39, 0.29) is 10.7 Å². The number of rotatable bonds is 6. The molecule has 0 atom stereocenters. The van der Waals surface area contributed by atoms with Crippen LogP contribution in [0, 0.1) is 5.41 Å². The van der Waals surface area contributed by atoms with Crippen LogP contribution in [-0.2, 0) is 4.74 Å². The highest BCUT2D eigenvalue weighted by molar-refractivity contribution is 6.28. The minimum Gasteiger partial charge on any atom is -0.385 e. The van der Waals surface area contributed by atoms with Crippen LogP contribution in [0.4, 0.5) is 5.82 Å². The van der Waals surface area contributed by atoms with E-state index in [0.29, 0.717) is 0 Å². The Labute approximate surface area is 124 Å². The van der Waals surface area contributed by atoms with Crippen molar-refractivity contribution in [2.75, 3.05) is 25.6 Å². The maximum atomic E-state index is 5.98. The topological polar surface area (TPSA) is 47.0 Å². The normalized spacial score (nSPS) is 11.8. The number of methoxy groups -OCH3 is 1. The lowest BCUT2D eigenvalue weighted by atomic mass is 9.90. The van der Waals surface area contributed by atoms with Gasteiger partial charge in [-0.2, -0.15) is 0 Å². The summed E-state index contributed by atoms with van der Waals surface area (Å²) in [6.07, 6.45) is 0.979. The first-order valence-corrected chi connectivity index (χ1v) is 7.05. The van der Waals surface area contributed by atoms with Gasteiger partial charge in [-0.1, -0.05) is 26.0 Å². The fraction of sp³-hybridized carbons (Fsp3) is 0.467. The molecule has 0 aliphatic heterocycles. The number of hydrogen-bond acceptors (Lipinski definition) is 4. The maximum absolute atomic E-state index is 5.98. The first kappa shape index (κ1) is 15.0. The zero-order chi connectivity index (χ0) is 14.6. The number of para-hydroxylation sites is 1. The summed E-state index contributed by atoms with van der Waals surface area (Å²) >= 11 is 5.98. The molecule has 2 rings (SSSR count). The number of halogens is 1. The van der Waals surface area contributed by atoms with Gasteiger partial charge in [0, 0.05) is 25.6 Å². The molecule has 0 unspecified atom stereocenters. The first-order valence-electron chi connectivity index (χ1n) is 6.67. The summed E-state index contributed by atoms with van der Waals surface area (Å²) in [5.74, 6) is 0.783. The molecule has 2 aromatic rings. The van der Waals surface area contributed by atoms with Gasteiger partial charge in [-0.05, 0) is 35.6 Å². The monoisotopic (exact) mass is 293 g/mol. The SMILES string of the molecule is COCCC(C)(C)CNc1nc(Cl)nc2ccccc12. The highest BCUT2D eigenvalue weighted by Gasteiger charge is 2.18. The second kappa shape index (κ2) is 6.37. The number of aromatic nitrogens is 2. The van der Waals surface area contributed by atoms with E-state index in [1.807, 2.05) is 24.3 Å². The summed E-state index contributed by atoms with van der Waals surface area (Å²) < 4.78 is 5.14. The smallest absolute Gasteiger partial charge is 0.224 e.